The molecule has 0 spiro atoms. The maximum absolute atomic E-state index is 11.5. The van der Waals surface area contributed by atoms with Gasteiger partial charge in [-0.25, -0.2) is 0 Å². The minimum absolute atomic E-state index is 0.0521. The predicted octanol–water partition coefficient (Wildman–Crippen LogP) is 0.0389. The summed E-state index contributed by atoms with van der Waals surface area (Å²) in [7, 11) is 1.60. The van der Waals surface area contributed by atoms with Crippen LogP contribution >= 0.6 is 0 Å². The minimum Gasteiger partial charge on any atom is -0.359 e. The van der Waals surface area contributed by atoms with E-state index < -0.39 is 5.41 Å². The first-order valence-corrected chi connectivity index (χ1v) is 5.69. The first-order valence-electron chi connectivity index (χ1n) is 5.69. The quantitative estimate of drug-likeness (QED) is 0.551. The van der Waals surface area contributed by atoms with E-state index in [1.807, 2.05) is 13.8 Å². The molecule has 98 valence electrons. The van der Waals surface area contributed by atoms with Crippen molar-refractivity contribution in [3.05, 3.63) is 12.7 Å². The van der Waals surface area contributed by atoms with Gasteiger partial charge in [-0.15, -0.1) is 6.58 Å². The zero-order valence-corrected chi connectivity index (χ0v) is 11.1. The summed E-state index contributed by atoms with van der Waals surface area (Å²) in [6.45, 7) is 9.83. The van der Waals surface area contributed by atoms with E-state index in [0.29, 0.717) is 13.1 Å². The largest absolute Gasteiger partial charge is 0.359 e. The van der Waals surface area contributed by atoms with Crippen LogP contribution in [0.15, 0.2) is 12.7 Å². The standard InChI is InChI=1S/C12H23N3O2/c1-6-7-14-10(16)9(2)15-8-12(3,4)11(17)13-5/h6,9,15H,1,7-8H2,2-5H3,(H,13,17)(H,14,16). The van der Waals surface area contributed by atoms with E-state index in [0.717, 1.165) is 0 Å². The van der Waals surface area contributed by atoms with Crippen molar-refractivity contribution >= 4 is 11.8 Å². The molecule has 0 bridgehead atoms. The first-order chi connectivity index (χ1) is 7.85. The Morgan fingerprint density at radius 2 is 2.00 bits per heavy atom. The van der Waals surface area contributed by atoms with Crippen molar-refractivity contribution in [1.82, 2.24) is 16.0 Å². The number of hydrogen-bond donors (Lipinski definition) is 3. The van der Waals surface area contributed by atoms with Gasteiger partial charge in [0.25, 0.3) is 0 Å². The van der Waals surface area contributed by atoms with Gasteiger partial charge in [-0.05, 0) is 20.8 Å². The van der Waals surface area contributed by atoms with Crippen molar-refractivity contribution in [3.8, 4) is 0 Å². The Balaban J connectivity index is 4.14. The summed E-state index contributed by atoms with van der Waals surface area (Å²) < 4.78 is 0. The maximum atomic E-state index is 11.5. The minimum atomic E-state index is -0.540. The molecule has 0 saturated carbocycles. The van der Waals surface area contributed by atoms with E-state index in [-0.39, 0.29) is 17.9 Å². The molecule has 0 saturated heterocycles. The fourth-order valence-corrected chi connectivity index (χ4v) is 1.25. The lowest BCUT2D eigenvalue weighted by Crippen LogP contribution is -2.48. The van der Waals surface area contributed by atoms with Crippen LogP contribution < -0.4 is 16.0 Å². The highest BCUT2D eigenvalue weighted by Crippen LogP contribution is 2.13. The van der Waals surface area contributed by atoms with Crippen LogP contribution in [0.1, 0.15) is 20.8 Å². The van der Waals surface area contributed by atoms with Crippen molar-refractivity contribution in [2.24, 2.45) is 5.41 Å². The molecule has 0 aromatic heterocycles. The molecule has 0 aliphatic heterocycles. The molecule has 2 amide bonds. The van der Waals surface area contributed by atoms with Gasteiger partial charge in [-0.3, -0.25) is 9.59 Å². The number of rotatable bonds is 7. The summed E-state index contributed by atoms with van der Waals surface area (Å²) in [4.78, 5) is 23.1. The lowest BCUT2D eigenvalue weighted by atomic mass is 9.92. The maximum Gasteiger partial charge on any atom is 0.237 e. The highest BCUT2D eigenvalue weighted by atomic mass is 16.2. The van der Waals surface area contributed by atoms with Crippen molar-refractivity contribution in [2.75, 3.05) is 20.1 Å². The lowest BCUT2D eigenvalue weighted by Gasteiger charge is -2.25. The monoisotopic (exact) mass is 241 g/mol. The molecule has 0 aliphatic carbocycles. The van der Waals surface area contributed by atoms with Gasteiger partial charge in [0.1, 0.15) is 0 Å². The molecule has 0 fully saturated rings. The van der Waals surface area contributed by atoms with Crippen LogP contribution in [0.5, 0.6) is 0 Å². The van der Waals surface area contributed by atoms with Gasteiger partial charge in [-0.1, -0.05) is 6.08 Å². The molecular weight excluding hydrogens is 218 g/mol. The van der Waals surface area contributed by atoms with Crippen LogP contribution in [0.2, 0.25) is 0 Å². The number of amides is 2. The number of carbonyl (C=O) groups is 2. The third-order valence-corrected chi connectivity index (χ3v) is 2.51. The van der Waals surface area contributed by atoms with Gasteiger partial charge in [0.05, 0.1) is 11.5 Å². The van der Waals surface area contributed by atoms with E-state index in [9.17, 15) is 9.59 Å². The van der Waals surface area contributed by atoms with E-state index >= 15 is 0 Å². The molecule has 1 unspecified atom stereocenters. The van der Waals surface area contributed by atoms with Crippen LogP contribution in [-0.4, -0.2) is 38.0 Å². The molecule has 1 atom stereocenters. The smallest absolute Gasteiger partial charge is 0.237 e. The lowest BCUT2D eigenvalue weighted by molar-refractivity contribution is -0.129. The number of carbonyl (C=O) groups excluding carboxylic acids is 2. The summed E-state index contributed by atoms with van der Waals surface area (Å²) >= 11 is 0. The SMILES string of the molecule is C=CCNC(=O)C(C)NCC(C)(C)C(=O)NC. The Kier molecular flexibility index (Phi) is 6.50. The summed E-state index contributed by atoms with van der Waals surface area (Å²) in [5, 5.41) is 8.33. The van der Waals surface area contributed by atoms with Crippen LogP contribution in [0.3, 0.4) is 0 Å². The molecule has 0 aliphatic rings. The van der Waals surface area contributed by atoms with E-state index in [2.05, 4.69) is 22.5 Å². The molecule has 0 aromatic carbocycles. The van der Waals surface area contributed by atoms with Crippen LogP contribution in [0, 0.1) is 5.41 Å². The van der Waals surface area contributed by atoms with Crippen LogP contribution in [0.25, 0.3) is 0 Å². The van der Waals surface area contributed by atoms with Gasteiger partial charge >= 0.3 is 0 Å². The molecule has 5 heteroatoms. The topological polar surface area (TPSA) is 70.2 Å². The summed E-state index contributed by atoms with van der Waals surface area (Å²) in [5.74, 6) is -0.152. The van der Waals surface area contributed by atoms with Gasteiger partial charge < -0.3 is 16.0 Å². The van der Waals surface area contributed by atoms with Crippen molar-refractivity contribution in [3.63, 3.8) is 0 Å². The second-order valence-corrected chi connectivity index (χ2v) is 4.60. The molecule has 5 nitrogen and oxygen atoms in total. The molecular formula is C12H23N3O2. The van der Waals surface area contributed by atoms with Gasteiger partial charge in [0.2, 0.25) is 11.8 Å². The zero-order valence-electron chi connectivity index (χ0n) is 11.1. The average molecular weight is 241 g/mol. The highest BCUT2D eigenvalue weighted by molar-refractivity contribution is 5.83. The Hall–Kier alpha value is -1.36. The first kappa shape index (κ1) is 15.6. The predicted molar refractivity (Wildman–Crippen MR) is 68.5 cm³/mol. The third kappa shape index (κ3) is 5.49. The molecule has 0 rings (SSSR count). The molecule has 0 aromatic rings. The van der Waals surface area contributed by atoms with Crippen LogP contribution in [0.4, 0.5) is 0 Å². The normalized spacial score (nSPS) is 12.7. The second-order valence-electron chi connectivity index (χ2n) is 4.60. The fourth-order valence-electron chi connectivity index (χ4n) is 1.25. The zero-order chi connectivity index (χ0) is 13.5. The fraction of sp³-hybridized carbons (Fsp3) is 0.667. The Morgan fingerprint density at radius 3 is 2.47 bits per heavy atom. The van der Waals surface area contributed by atoms with Gasteiger partial charge in [0, 0.05) is 20.1 Å². The summed E-state index contributed by atoms with van der Waals surface area (Å²) in [6, 6.07) is -0.334. The second kappa shape index (κ2) is 7.06. The van der Waals surface area contributed by atoms with E-state index in [1.54, 1.807) is 20.0 Å². The van der Waals surface area contributed by atoms with Gasteiger partial charge in [0.15, 0.2) is 0 Å². The van der Waals surface area contributed by atoms with Crippen molar-refractivity contribution in [1.29, 1.82) is 0 Å². The Bertz CT molecular complexity index is 287. The van der Waals surface area contributed by atoms with E-state index in [4.69, 9.17) is 0 Å². The number of nitrogens with one attached hydrogen (secondary N) is 3. The summed E-state index contributed by atoms with van der Waals surface area (Å²) in [5.41, 5.74) is -0.540. The average Bonchev–Trinajstić information content (AvgIpc) is 2.31. The third-order valence-electron chi connectivity index (χ3n) is 2.51. The Morgan fingerprint density at radius 1 is 1.41 bits per heavy atom. The van der Waals surface area contributed by atoms with Crippen molar-refractivity contribution in [2.45, 2.75) is 26.8 Å². The number of hydrogen-bond acceptors (Lipinski definition) is 3. The molecule has 17 heavy (non-hydrogen) atoms. The molecule has 0 heterocycles. The summed E-state index contributed by atoms with van der Waals surface area (Å²) in [6.07, 6.45) is 1.62. The molecule has 3 N–H and O–H groups in total. The molecule has 0 radical (unpaired) electrons. The van der Waals surface area contributed by atoms with Gasteiger partial charge in [-0.2, -0.15) is 0 Å². The van der Waals surface area contributed by atoms with Crippen LogP contribution in [-0.2, 0) is 9.59 Å². The van der Waals surface area contributed by atoms with Crippen molar-refractivity contribution < 1.29 is 9.59 Å². The highest BCUT2D eigenvalue weighted by Gasteiger charge is 2.27. The Labute approximate surface area is 103 Å². The van der Waals surface area contributed by atoms with E-state index in [1.165, 1.54) is 0 Å².